The third-order valence-corrected chi connectivity index (χ3v) is 2.92. The van der Waals surface area contributed by atoms with E-state index in [1.165, 1.54) is 11.3 Å². The minimum Gasteiger partial charge on any atom is -0.297 e. The molecule has 2 rings (SSSR count). The van der Waals surface area contributed by atoms with Crippen LogP contribution in [0.3, 0.4) is 0 Å². The van der Waals surface area contributed by atoms with Crippen LogP contribution in [0, 0.1) is 11.3 Å². The number of hydrogen-bond donors (Lipinski definition) is 0. The molecule has 0 aliphatic carbocycles. The second-order valence-corrected chi connectivity index (χ2v) is 3.98. The number of carbonyl (C=O) groups is 1. The van der Waals surface area contributed by atoms with Gasteiger partial charge in [0.15, 0.2) is 6.29 Å². The fourth-order valence-corrected chi connectivity index (χ4v) is 1.98. The number of hydrogen-bond acceptors (Lipinski definition) is 4. The Morgan fingerprint density at radius 2 is 2.27 bits per heavy atom. The Morgan fingerprint density at radius 1 is 1.40 bits per heavy atom. The van der Waals surface area contributed by atoms with Crippen LogP contribution in [-0.2, 0) is 0 Å². The first-order valence-electron chi connectivity index (χ1n) is 4.25. The van der Waals surface area contributed by atoms with E-state index in [0.29, 0.717) is 10.4 Å². The molecule has 4 heteroatoms. The lowest BCUT2D eigenvalue weighted by Crippen LogP contribution is -1.81. The van der Waals surface area contributed by atoms with E-state index in [1.54, 1.807) is 24.4 Å². The maximum Gasteiger partial charge on any atom is 0.160 e. The molecule has 2 aromatic rings. The predicted octanol–water partition coefficient (Wildman–Crippen LogP) is 2.49. The molecular formula is C11H6N2OS. The van der Waals surface area contributed by atoms with E-state index in [1.807, 2.05) is 6.07 Å². The quantitative estimate of drug-likeness (QED) is 0.722. The molecule has 0 amide bonds. The van der Waals surface area contributed by atoms with E-state index in [0.717, 1.165) is 16.9 Å². The fourth-order valence-electron chi connectivity index (χ4n) is 1.19. The van der Waals surface area contributed by atoms with Gasteiger partial charge in [-0.2, -0.15) is 5.26 Å². The second kappa shape index (κ2) is 4.03. The minimum absolute atomic E-state index is 0.570. The van der Waals surface area contributed by atoms with Crippen LogP contribution in [0.25, 0.3) is 10.6 Å². The number of carbonyl (C=O) groups excluding carboxylic acids is 1. The highest BCUT2D eigenvalue weighted by atomic mass is 32.1. The first kappa shape index (κ1) is 9.56. The molecule has 0 aliphatic heterocycles. The summed E-state index contributed by atoms with van der Waals surface area (Å²) in [5, 5.41) is 8.73. The van der Waals surface area contributed by atoms with Crippen LogP contribution >= 0.6 is 11.3 Å². The molecule has 0 saturated heterocycles. The van der Waals surface area contributed by atoms with Crippen LogP contribution in [-0.4, -0.2) is 11.3 Å². The van der Waals surface area contributed by atoms with Crippen molar-refractivity contribution < 1.29 is 4.79 Å². The molecule has 0 aliphatic rings. The Labute approximate surface area is 90.6 Å². The average molecular weight is 214 g/mol. The van der Waals surface area contributed by atoms with Crippen molar-refractivity contribution in [3.63, 3.8) is 0 Å². The molecule has 0 fully saturated rings. The van der Waals surface area contributed by atoms with Gasteiger partial charge in [-0.3, -0.25) is 9.78 Å². The van der Waals surface area contributed by atoms with Crippen molar-refractivity contribution in [1.29, 1.82) is 5.26 Å². The molecule has 0 bridgehead atoms. The van der Waals surface area contributed by atoms with Gasteiger partial charge >= 0.3 is 0 Å². The van der Waals surface area contributed by atoms with Crippen LogP contribution in [0.1, 0.15) is 15.2 Å². The molecule has 3 nitrogen and oxygen atoms in total. The number of rotatable bonds is 2. The fraction of sp³-hybridized carbons (Fsp3) is 0. The molecule has 0 unspecified atom stereocenters. The van der Waals surface area contributed by atoms with Gasteiger partial charge in [0.25, 0.3) is 0 Å². The van der Waals surface area contributed by atoms with Crippen LogP contribution in [0.2, 0.25) is 0 Å². The molecule has 0 N–H and O–H groups in total. The Hall–Kier alpha value is -1.99. The Balaban J connectivity index is 2.45. The van der Waals surface area contributed by atoms with Crippen LogP contribution in [0.15, 0.2) is 30.5 Å². The van der Waals surface area contributed by atoms with E-state index in [2.05, 4.69) is 11.1 Å². The summed E-state index contributed by atoms with van der Waals surface area (Å²) in [5.41, 5.74) is 1.30. The Bertz CT molecular complexity index is 540. The molecule has 0 aromatic carbocycles. The Morgan fingerprint density at radius 3 is 2.93 bits per heavy atom. The summed E-state index contributed by atoms with van der Waals surface area (Å²) in [4.78, 5) is 16.2. The highest BCUT2D eigenvalue weighted by Crippen LogP contribution is 2.25. The lowest BCUT2D eigenvalue weighted by atomic mass is 10.2. The smallest absolute Gasteiger partial charge is 0.160 e. The summed E-state index contributed by atoms with van der Waals surface area (Å²) < 4.78 is 0. The van der Waals surface area contributed by atoms with E-state index in [9.17, 15) is 4.79 Å². The number of pyridine rings is 1. The van der Waals surface area contributed by atoms with Crippen molar-refractivity contribution in [3.8, 4) is 16.6 Å². The second-order valence-electron chi connectivity index (χ2n) is 2.86. The molecule has 72 valence electrons. The summed E-state index contributed by atoms with van der Waals surface area (Å²) >= 11 is 1.37. The van der Waals surface area contributed by atoms with Gasteiger partial charge in [0.1, 0.15) is 0 Å². The highest BCUT2D eigenvalue weighted by molar-refractivity contribution is 7.17. The van der Waals surface area contributed by atoms with Crippen molar-refractivity contribution in [2.24, 2.45) is 0 Å². The average Bonchev–Trinajstić information content (AvgIpc) is 2.78. The van der Waals surface area contributed by atoms with Crippen molar-refractivity contribution in [2.75, 3.05) is 0 Å². The summed E-state index contributed by atoms with van der Waals surface area (Å²) in [5.74, 6) is 0. The van der Waals surface area contributed by atoms with Crippen molar-refractivity contribution in [1.82, 2.24) is 4.98 Å². The van der Waals surface area contributed by atoms with E-state index < -0.39 is 0 Å². The normalized spacial score (nSPS) is 9.53. The van der Waals surface area contributed by atoms with Gasteiger partial charge < -0.3 is 0 Å². The number of thiophene rings is 1. The number of aromatic nitrogens is 1. The Kier molecular flexibility index (Phi) is 2.57. The molecule has 2 heterocycles. The van der Waals surface area contributed by atoms with Crippen LogP contribution < -0.4 is 0 Å². The van der Waals surface area contributed by atoms with Gasteiger partial charge in [-0.05, 0) is 24.3 Å². The van der Waals surface area contributed by atoms with Gasteiger partial charge in [-0.15, -0.1) is 11.3 Å². The van der Waals surface area contributed by atoms with E-state index in [-0.39, 0.29) is 0 Å². The molecule has 0 saturated carbocycles. The van der Waals surface area contributed by atoms with Gasteiger partial charge in [0.2, 0.25) is 0 Å². The summed E-state index contributed by atoms with van der Waals surface area (Å²) in [7, 11) is 0. The van der Waals surface area contributed by atoms with Gasteiger partial charge in [0.05, 0.1) is 27.1 Å². The monoisotopic (exact) mass is 214 g/mol. The first-order valence-corrected chi connectivity index (χ1v) is 5.06. The minimum atomic E-state index is 0.570. The number of nitrogens with zero attached hydrogens (tertiary/aromatic N) is 2. The summed E-state index contributed by atoms with van der Waals surface area (Å²) in [6, 6.07) is 8.99. The molecular weight excluding hydrogens is 208 g/mol. The molecule has 2 aromatic heterocycles. The lowest BCUT2D eigenvalue weighted by molar-refractivity contribution is 0.112. The van der Waals surface area contributed by atoms with Crippen molar-refractivity contribution in [3.05, 3.63) is 40.9 Å². The van der Waals surface area contributed by atoms with Gasteiger partial charge in [-0.1, -0.05) is 0 Å². The highest BCUT2D eigenvalue weighted by Gasteiger charge is 2.04. The van der Waals surface area contributed by atoms with E-state index >= 15 is 0 Å². The molecule has 0 radical (unpaired) electrons. The largest absolute Gasteiger partial charge is 0.297 e. The molecule has 0 atom stereocenters. The zero-order valence-electron chi connectivity index (χ0n) is 7.68. The number of nitriles is 1. The SMILES string of the molecule is N#Cc1ccnc(-c2ccc(C=O)s2)c1. The van der Waals surface area contributed by atoms with Crippen LogP contribution in [0.4, 0.5) is 0 Å². The number of aldehydes is 1. The molecule has 0 spiro atoms. The maximum atomic E-state index is 10.5. The zero-order chi connectivity index (χ0) is 10.7. The van der Waals surface area contributed by atoms with Crippen molar-refractivity contribution in [2.45, 2.75) is 0 Å². The molecule has 15 heavy (non-hydrogen) atoms. The third-order valence-electron chi connectivity index (χ3n) is 1.88. The standard InChI is InChI=1S/C11H6N2OS/c12-6-8-3-4-13-10(5-8)11-2-1-9(7-14)15-11/h1-5,7H. The predicted molar refractivity (Wildman–Crippen MR) is 57.7 cm³/mol. The van der Waals surface area contributed by atoms with Gasteiger partial charge in [0, 0.05) is 6.20 Å². The van der Waals surface area contributed by atoms with E-state index in [4.69, 9.17) is 5.26 Å². The van der Waals surface area contributed by atoms with Crippen molar-refractivity contribution >= 4 is 17.6 Å². The summed E-state index contributed by atoms with van der Waals surface area (Å²) in [6.07, 6.45) is 2.40. The lowest BCUT2D eigenvalue weighted by Gasteiger charge is -1.95. The summed E-state index contributed by atoms with van der Waals surface area (Å²) in [6.45, 7) is 0. The maximum absolute atomic E-state index is 10.5. The third kappa shape index (κ3) is 1.92. The zero-order valence-corrected chi connectivity index (χ0v) is 8.49. The topological polar surface area (TPSA) is 53.8 Å². The van der Waals surface area contributed by atoms with Crippen LogP contribution in [0.5, 0.6) is 0 Å². The van der Waals surface area contributed by atoms with Gasteiger partial charge in [-0.25, -0.2) is 0 Å². The first-order chi connectivity index (χ1) is 7.33.